The normalized spacial score (nSPS) is 20.1. The Labute approximate surface area is 178 Å². The minimum Gasteiger partial charge on any atom is -0.371 e. The third-order valence-corrected chi connectivity index (χ3v) is 5.75. The Morgan fingerprint density at radius 3 is 2.83 bits per heavy atom. The first-order chi connectivity index (χ1) is 14.1. The average molecular weight is 458 g/mol. The lowest BCUT2D eigenvalue weighted by Crippen LogP contribution is -2.42. The van der Waals surface area contributed by atoms with Crippen molar-refractivity contribution in [3.8, 4) is 0 Å². The number of carbonyl (C=O) groups excluding carboxylic acids is 2. The Bertz CT molecular complexity index is 904. The summed E-state index contributed by atoms with van der Waals surface area (Å²) in [5.74, 6) is 0.0742. The van der Waals surface area contributed by atoms with Crippen molar-refractivity contribution in [3.63, 3.8) is 0 Å². The molecule has 2 saturated heterocycles. The average Bonchev–Trinajstić information content (AvgIpc) is 3.14. The summed E-state index contributed by atoms with van der Waals surface area (Å²) in [6, 6.07) is 15.6. The van der Waals surface area contributed by atoms with E-state index in [9.17, 15) is 9.59 Å². The first-order valence-electron chi connectivity index (χ1n) is 9.88. The van der Waals surface area contributed by atoms with Crippen LogP contribution in [-0.4, -0.2) is 49.5 Å². The van der Waals surface area contributed by atoms with Crippen molar-refractivity contribution in [2.75, 3.05) is 43.0 Å². The van der Waals surface area contributed by atoms with Gasteiger partial charge in [0.1, 0.15) is 0 Å². The van der Waals surface area contributed by atoms with E-state index in [0.717, 1.165) is 35.2 Å². The van der Waals surface area contributed by atoms with Gasteiger partial charge in [-0.05, 0) is 42.3 Å². The number of anilines is 2. The molecular formula is C22H24BrN3O3. The number of rotatable bonds is 5. The van der Waals surface area contributed by atoms with Crippen molar-refractivity contribution in [1.29, 1.82) is 0 Å². The van der Waals surface area contributed by atoms with Gasteiger partial charge >= 0.3 is 0 Å². The van der Waals surface area contributed by atoms with Gasteiger partial charge in [0.15, 0.2) is 0 Å². The maximum Gasteiger partial charge on any atom is 0.238 e. The third kappa shape index (κ3) is 5.04. The summed E-state index contributed by atoms with van der Waals surface area (Å²) in [6.07, 6.45) is 1.43. The number of amides is 2. The van der Waals surface area contributed by atoms with E-state index >= 15 is 0 Å². The maximum absolute atomic E-state index is 12.6. The van der Waals surface area contributed by atoms with E-state index in [1.807, 2.05) is 42.5 Å². The summed E-state index contributed by atoms with van der Waals surface area (Å²) < 4.78 is 6.92. The molecule has 0 radical (unpaired) electrons. The summed E-state index contributed by atoms with van der Waals surface area (Å²) in [7, 11) is 0. The molecule has 7 heteroatoms. The van der Waals surface area contributed by atoms with Crippen molar-refractivity contribution < 1.29 is 14.3 Å². The number of nitrogens with zero attached hydrogens (tertiary/aromatic N) is 2. The lowest BCUT2D eigenvalue weighted by atomic mass is 10.1. The zero-order valence-electron chi connectivity index (χ0n) is 16.1. The van der Waals surface area contributed by atoms with Crippen molar-refractivity contribution >= 4 is 39.1 Å². The van der Waals surface area contributed by atoms with E-state index in [-0.39, 0.29) is 17.9 Å². The molecule has 1 unspecified atom stereocenters. The van der Waals surface area contributed by atoms with Crippen LogP contribution in [0.2, 0.25) is 0 Å². The highest BCUT2D eigenvalue weighted by Crippen LogP contribution is 2.26. The van der Waals surface area contributed by atoms with Crippen molar-refractivity contribution in [1.82, 2.24) is 4.90 Å². The second kappa shape index (κ2) is 9.07. The Morgan fingerprint density at radius 1 is 1.17 bits per heavy atom. The number of benzene rings is 2. The Kier molecular flexibility index (Phi) is 6.28. The highest BCUT2D eigenvalue weighted by atomic mass is 79.9. The van der Waals surface area contributed by atoms with E-state index in [2.05, 4.69) is 32.2 Å². The Balaban J connectivity index is 1.35. The smallest absolute Gasteiger partial charge is 0.238 e. The Hall–Kier alpha value is -2.22. The summed E-state index contributed by atoms with van der Waals surface area (Å²) in [6.45, 7) is 3.03. The van der Waals surface area contributed by atoms with Gasteiger partial charge < -0.3 is 15.0 Å². The molecule has 2 heterocycles. The number of hydrogen-bond donors (Lipinski definition) is 1. The summed E-state index contributed by atoms with van der Waals surface area (Å²) in [5, 5.41) is 2.96. The molecule has 2 aromatic carbocycles. The van der Waals surface area contributed by atoms with Crippen LogP contribution < -0.4 is 10.2 Å². The van der Waals surface area contributed by atoms with Gasteiger partial charge in [0.05, 0.1) is 19.3 Å². The number of morpholine rings is 1. The number of hydrogen-bond acceptors (Lipinski definition) is 4. The molecule has 0 bridgehead atoms. The standard InChI is InChI=1S/C22H24BrN3O3/c23-17-5-1-4-16(12-17)20-14-25(10-11-29-20)15-21(27)24-18-6-2-7-19(13-18)26-9-3-8-22(26)28/h1-2,4-7,12-13,20H,3,8-11,14-15H2,(H,24,27). The molecule has 29 heavy (non-hydrogen) atoms. The van der Waals surface area contributed by atoms with Gasteiger partial charge in [-0.25, -0.2) is 0 Å². The number of nitrogens with one attached hydrogen (secondary N) is 1. The van der Waals surface area contributed by atoms with Gasteiger partial charge in [0.2, 0.25) is 11.8 Å². The van der Waals surface area contributed by atoms with E-state index < -0.39 is 0 Å². The zero-order valence-corrected chi connectivity index (χ0v) is 17.7. The van der Waals surface area contributed by atoms with Crippen molar-refractivity contribution in [2.45, 2.75) is 18.9 Å². The molecule has 0 spiro atoms. The fraction of sp³-hybridized carbons (Fsp3) is 0.364. The quantitative estimate of drug-likeness (QED) is 0.744. The van der Waals surface area contributed by atoms with Crippen LogP contribution in [0.1, 0.15) is 24.5 Å². The van der Waals surface area contributed by atoms with Crippen LogP contribution in [0.25, 0.3) is 0 Å². The molecule has 1 atom stereocenters. The van der Waals surface area contributed by atoms with Crippen LogP contribution in [-0.2, 0) is 14.3 Å². The van der Waals surface area contributed by atoms with E-state index in [4.69, 9.17) is 4.74 Å². The van der Waals surface area contributed by atoms with Crippen LogP contribution in [0.4, 0.5) is 11.4 Å². The van der Waals surface area contributed by atoms with Crippen molar-refractivity contribution in [3.05, 3.63) is 58.6 Å². The SMILES string of the molecule is O=C(CN1CCOC(c2cccc(Br)c2)C1)Nc1cccc(N2CCCC2=O)c1. The molecule has 2 aliphatic rings. The van der Waals surface area contributed by atoms with Gasteiger partial charge in [-0.15, -0.1) is 0 Å². The lowest BCUT2D eigenvalue weighted by Gasteiger charge is -2.32. The summed E-state index contributed by atoms with van der Waals surface area (Å²) in [4.78, 5) is 28.4. The molecule has 0 saturated carbocycles. The second-order valence-electron chi connectivity index (χ2n) is 7.40. The number of ether oxygens (including phenoxy) is 1. The van der Waals surface area contributed by atoms with Crippen LogP contribution in [0, 0.1) is 0 Å². The van der Waals surface area contributed by atoms with Gasteiger partial charge in [-0.2, -0.15) is 0 Å². The molecule has 0 aromatic heterocycles. The minimum absolute atomic E-state index is 0.0430. The predicted molar refractivity (Wildman–Crippen MR) is 116 cm³/mol. The molecular weight excluding hydrogens is 434 g/mol. The molecule has 2 amide bonds. The predicted octanol–water partition coefficient (Wildman–Crippen LogP) is 3.59. The molecule has 2 fully saturated rings. The van der Waals surface area contributed by atoms with Crippen LogP contribution in [0.5, 0.6) is 0 Å². The maximum atomic E-state index is 12.6. The fourth-order valence-electron chi connectivity index (χ4n) is 3.83. The number of carbonyl (C=O) groups is 2. The van der Waals surface area contributed by atoms with Crippen LogP contribution >= 0.6 is 15.9 Å². The third-order valence-electron chi connectivity index (χ3n) is 5.25. The van der Waals surface area contributed by atoms with Gasteiger partial charge in [0, 0.05) is 41.9 Å². The van der Waals surface area contributed by atoms with Gasteiger partial charge in [-0.3, -0.25) is 14.5 Å². The van der Waals surface area contributed by atoms with Crippen molar-refractivity contribution in [2.24, 2.45) is 0 Å². The summed E-state index contributed by atoms with van der Waals surface area (Å²) in [5.41, 5.74) is 2.66. The Morgan fingerprint density at radius 2 is 2.03 bits per heavy atom. The van der Waals surface area contributed by atoms with E-state index in [0.29, 0.717) is 31.8 Å². The molecule has 1 N–H and O–H groups in total. The molecule has 0 aliphatic carbocycles. The largest absolute Gasteiger partial charge is 0.371 e. The molecule has 6 nitrogen and oxygen atoms in total. The molecule has 152 valence electrons. The topological polar surface area (TPSA) is 61.9 Å². The zero-order chi connectivity index (χ0) is 20.2. The molecule has 2 aromatic rings. The van der Waals surface area contributed by atoms with E-state index in [1.165, 1.54) is 0 Å². The first kappa shape index (κ1) is 20.1. The first-order valence-corrected chi connectivity index (χ1v) is 10.7. The van der Waals surface area contributed by atoms with Crippen LogP contribution in [0.15, 0.2) is 53.0 Å². The number of halogens is 1. The highest BCUT2D eigenvalue weighted by Gasteiger charge is 2.24. The molecule has 2 aliphatic heterocycles. The fourth-order valence-corrected chi connectivity index (χ4v) is 4.25. The monoisotopic (exact) mass is 457 g/mol. The van der Waals surface area contributed by atoms with Crippen LogP contribution in [0.3, 0.4) is 0 Å². The van der Waals surface area contributed by atoms with Gasteiger partial charge in [-0.1, -0.05) is 34.1 Å². The van der Waals surface area contributed by atoms with Gasteiger partial charge in [0.25, 0.3) is 0 Å². The minimum atomic E-state index is -0.0650. The van der Waals surface area contributed by atoms with E-state index in [1.54, 1.807) is 4.90 Å². The lowest BCUT2D eigenvalue weighted by molar-refractivity contribution is -0.119. The molecule has 4 rings (SSSR count). The second-order valence-corrected chi connectivity index (χ2v) is 8.31. The highest BCUT2D eigenvalue weighted by molar-refractivity contribution is 9.10. The summed E-state index contributed by atoms with van der Waals surface area (Å²) >= 11 is 3.50.